The van der Waals surface area contributed by atoms with Crippen molar-refractivity contribution in [1.82, 2.24) is 15.1 Å². The molecule has 33 heavy (non-hydrogen) atoms. The number of aryl methyl sites for hydroxylation is 1. The fraction of sp³-hybridized carbons (Fsp3) is 0.593. The summed E-state index contributed by atoms with van der Waals surface area (Å²) in [7, 11) is 0. The van der Waals surface area contributed by atoms with Crippen molar-refractivity contribution >= 4 is 17.5 Å². The summed E-state index contributed by atoms with van der Waals surface area (Å²) in [5.41, 5.74) is 2.33. The van der Waals surface area contributed by atoms with E-state index in [1.165, 1.54) is 24.8 Å². The van der Waals surface area contributed by atoms with Crippen molar-refractivity contribution < 1.29 is 9.59 Å². The number of amides is 2. The SMILES string of the molecule is CCc1ccc(N2C(=O)c3cc(C(C)C)nn3CC2(C)C(=O)NC2CCCCCCC2)cc1. The van der Waals surface area contributed by atoms with Crippen LogP contribution in [0.2, 0.25) is 0 Å². The Kier molecular flexibility index (Phi) is 6.91. The molecule has 0 radical (unpaired) electrons. The van der Waals surface area contributed by atoms with Crippen LogP contribution in [-0.4, -0.2) is 33.2 Å². The van der Waals surface area contributed by atoms with Crippen LogP contribution in [0.3, 0.4) is 0 Å². The van der Waals surface area contributed by atoms with Crippen LogP contribution in [0.25, 0.3) is 0 Å². The summed E-state index contributed by atoms with van der Waals surface area (Å²) >= 11 is 0. The zero-order valence-corrected chi connectivity index (χ0v) is 20.6. The first-order chi connectivity index (χ1) is 15.8. The first kappa shape index (κ1) is 23.5. The smallest absolute Gasteiger partial charge is 0.277 e. The minimum atomic E-state index is -1.06. The van der Waals surface area contributed by atoms with Gasteiger partial charge in [0.15, 0.2) is 0 Å². The second kappa shape index (κ2) is 9.70. The molecule has 1 atom stereocenters. The molecule has 1 fully saturated rings. The first-order valence-electron chi connectivity index (χ1n) is 12.7. The summed E-state index contributed by atoms with van der Waals surface area (Å²) in [6, 6.07) is 10.1. The third-order valence-corrected chi connectivity index (χ3v) is 7.30. The van der Waals surface area contributed by atoms with Crippen LogP contribution in [0.1, 0.15) is 100 Å². The zero-order chi connectivity index (χ0) is 23.6. The van der Waals surface area contributed by atoms with Crippen LogP contribution in [0, 0.1) is 0 Å². The van der Waals surface area contributed by atoms with Gasteiger partial charge in [-0.1, -0.05) is 65.0 Å². The van der Waals surface area contributed by atoms with Crippen LogP contribution in [-0.2, 0) is 17.8 Å². The number of carbonyl (C=O) groups excluding carboxylic acids is 2. The molecule has 1 aliphatic carbocycles. The van der Waals surface area contributed by atoms with Gasteiger partial charge in [0.25, 0.3) is 5.91 Å². The number of nitrogens with one attached hydrogen (secondary N) is 1. The maximum Gasteiger partial charge on any atom is 0.277 e. The maximum atomic E-state index is 13.8. The molecule has 4 rings (SSSR count). The Labute approximate surface area is 197 Å². The van der Waals surface area contributed by atoms with Gasteiger partial charge < -0.3 is 5.32 Å². The summed E-state index contributed by atoms with van der Waals surface area (Å²) in [5.74, 6) is -0.0448. The van der Waals surface area contributed by atoms with Crippen molar-refractivity contribution in [2.75, 3.05) is 4.90 Å². The number of carbonyl (C=O) groups is 2. The van der Waals surface area contributed by atoms with Crippen LogP contribution < -0.4 is 10.2 Å². The lowest BCUT2D eigenvalue weighted by molar-refractivity contribution is -0.127. The predicted molar refractivity (Wildman–Crippen MR) is 132 cm³/mol. The highest BCUT2D eigenvalue weighted by molar-refractivity contribution is 6.11. The molecule has 2 amide bonds. The lowest BCUT2D eigenvalue weighted by atomic mass is 9.91. The van der Waals surface area contributed by atoms with E-state index >= 15 is 0 Å². The molecule has 1 aromatic carbocycles. The number of anilines is 1. The van der Waals surface area contributed by atoms with Gasteiger partial charge in [-0.25, -0.2) is 0 Å². The molecule has 1 aliphatic heterocycles. The van der Waals surface area contributed by atoms with Gasteiger partial charge in [-0.05, 0) is 55.9 Å². The molecular formula is C27H38N4O2. The van der Waals surface area contributed by atoms with Gasteiger partial charge in [0.2, 0.25) is 5.91 Å². The quantitative estimate of drug-likeness (QED) is 0.679. The van der Waals surface area contributed by atoms with Gasteiger partial charge in [-0.2, -0.15) is 5.10 Å². The number of aromatic nitrogens is 2. The number of benzene rings is 1. The molecule has 1 aromatic heterocycles. The van der Waals surface area contributed by atoms with Crippen LogP contribution in [0.4, 0.5) is 5.69 Å². The lowest BCUT2D eigenvalue weighted by Crippen LogP contribution is -2.65. The van der Waals surface area contributed by atoms with E-state index in [2.05, 4.69) is 26.1 Å². The number of fused-ring (bicyclic) bond motifs is 1. The molecule has 2 heterocycles. The maximum absolute atomic E-state index is 13.8. The Morgan fingerprint density at radius 2 is 1.76 bits per heavy atom. The van der Waals surface area contributed by atoms with E-state index in [1.807, 2.05) is 37.3 Å². The third-order valence-electron chi connectivity index (χ3n) is 7.30. The molecule has 6 nitrogen and oxygen atoms in total. The second-order valence-corrected chi connectivity index (χ2v) is 10.2. The molecule has 6 heteroatoms. The third kappa shape index (κ3) is 4.71. The number of rotatable bonds is 5. The molecule has 2 aliphatic rings. The fourth-order valence-electron chi connectivity index (χ4n) is 5.11. The minimum absolute atomic E-state index is 0.0896. The largest absolute Gasteiger partial charge is 0.351 e. The Balaban J connectivity index is 1.70. The molecule has 0 saturated heterocycles. The van der Waals surface area contributed by atoms with E-state index < -0.39 is 5.54 Å². The van der Waals surface area contributed by atoms with E-state index in [9.17, 15) is 9.59 Å². The molecule has 2 aromatic rings. The van der Waals surface area contributed by atoms with Crippen molar-refractivity contribution in [3.63, 3.8) is 0 Å². The Bertz CT molecular complexity index is 986. The van der Waals surface area contributed by atoms with Gasteiger partial charge in [0.1, 0.15) is 11.2 Å². The van der Waals surface area contributed by atoms with Crippen LogP contribution >= 0.6 is 0 Å². The topological polar surface area (TPSA) is 67.2 Å². The van der Waals surface area contributed by atoms with Gasteiger partial charge >= 0.3 is 0 Å². The Morgan fingerprint density at radius 1 is 1.12 bits per heavy atom. The summed E-state index contributed by atoms with van der Waals surface area (Å²) in [4.78, 5) is 29.3. The van der Waals surface area contributed by atoms with Crippen LogP contribution in [0.5, 0.6) is 0 Å². The van der Waals surface area contributed by atoms with E-state index in [4.69, 9.17) is 5.10 Å². The standard InChI is InChI=1S/C27H38N4O2/c1-5-20-13-15-22(16-14-20)31-25(32)24-17-23(19(2)3)29-30(24)18-27(31,4)26(33)28-21-11-9-7-6-8-10-12-21/h13-17,19,21H,5-12,18H2,1-4H3,(H,28,33). The predicted octanol–water partition coefficient (Wildman–Crippen LogP) is 5.22. The molecule has 1 N–H and O–H groups in total. The normalized spacial score (nSPS) is 22.1. The highest BCUT2D eigenvalue weighted by Gasteiger charge is 2.49. The minimum Gasteiger partial charge on any atom is -0.351 e. The highest BCUT2D eigenvalue weighted by Crippen LogP contribution is 2.34. The monoisotopic (exact) mass is 450 g/mol. The van der Waals surface area contributed by atoms with Crippen molar-refractivity contribution in [2.24, 2.45) is 0 Å². The highest BCUT2D eigenvalue weighted by atomic mass is 16.2. The van der Waals surface area contributed by atoms with E-state index in [1.54, 1.807) is 9.58 Å². The average Bonchev–Trinajstić information content (AvgIpc) is 3.20. The summed E-state index contributed by atoms with van der Waals surface area (Å²) < 4.78 is 1.74. The molecular weight excluding hydrogens is 412 g/mol. The van der Waals surface area contributed by atoms with Crippen molar-refractivity contribution in [1.29, 1.82) is 0 Å². The number of hydrogen-bond acceptors (Lipinski definition) is 3. The van der Waals surface area contributed by atoms with Gasteiger partial charge in [-0.15, -0.1) is 0 Å². The summed E-state index contributed by atoms with van der Waals surface area (Å²) in [6.07, 6.45) is 8.97. The number of nitrogens with zero attached hydrogens (tertiary/aromatic N) is 3. The molecule has 178 valence electrons. The molecule has 1 unspecified atom stereocenters. The Morgan fingerprint density at radius 3 is 2.36 bits per heavy atom. The van der Waals surface area contributed by atoms with Gasteiger partial charge in [0, 0.05) is 11.7 Å². The molecule has 0 bridgehead atoms. The van der Waals surface area contributed by atoms with Gasteiger partial charge in [0.05, 0.1) is 12.2 Å². The summed E-state index contributed by atoms with van der Waals surface area (Å²) in [6.45, 7) is 8.48. The van der Waals surface area contributed by atoms with E-state index in [0.717, 1.165) is 43.5 Å². The van der Waals surface area contributed by atoms with Crippen molar-refractivity contribution in [2.45, 2.75) is 103 Å². The second-order valence-electron chi connectivity index (χ2n) is 10.2. The van der Waals surface area contributed by atoms with E-state index in [0.29, 0.717) is 12.2 Å². The first-order valence-corrected chi connectivity index (χ1v) is 12.7. The average molecular weight is 451 g/mol. The molecule has 1 saturated carbocycles. The molecule has 0 spiro atoms. The Hall–Kier alpha value is -2.63. The van der Waals surface area contributed by atoms with Crippen LogP contribution in [0.15, 0.2) is 30.3 Å². The number of hydrogen-bond donors (Lipinski definition) is 1. The van der Waals surface area contributed by atoms with Crippen molar-refractivity contribution in [3.8, 4) is 0 Å². The fourth-order valence-corrected chi connectivity index (χ4v) is 5.11. The van der Waals surface area contributed by atoms with Crippen molar-refractivity contribution in [3.05, 3.63) is 47.3 Å². The summed E-state index contributed by atoms with van der Waals surface area (Å²) in [5, 5.41) is 8.02. The zero-order valence-electron chi connectivity index (χ0n) is 20.6. The van der Waals surface area contributed by atoms with E-state index in [-0.39, 0.29) is 23.8 Å². The lowest BCUT2D eigenvalue weighted by Gasteiger charge is -2.44. The van der Waals surface area contributed by atoms with Gasteiger partial charge in [-0.3, -0.25) is 19.2 Å².